The third-order valence-electron chi connectivity index (χ3n) is 4.49. The number of hydrogen-bond acceptors (Lipinski definition) is 3. The van der Waals surface area contributed by atoms with Gasteiger partial charge in [-0.3, -0.25) is 4.72 Å². The fraction of sp³-hybridized carbons (Fsp3) is 0.360. The first-order valence-corrected chi connectivity index (χ1v) is 12.7. The van der Waals surface area contributed by atoms with Crippen LogP contribution in [0.1, 0.15) is 57.2 Å². The van der Waals surface area contributed by atoms with Crippen molar-refractivity contribution in [2.75, 3.05) is 17.6 Å². The summed E-state index contributed by atoms with van der Waals surface area (Å²) in [6, 6.07) is 8.53. The lowest BCUT2D eigenvalue weighted by molar-refractivity contribution is 0.349. The molecule has 32 heavy (non-hydrogen) atoms. The zero-order valence-corrected chi connectivity index (χ0v) is 21.4. The molecule has 0 atom stereocenters. The van der Waals surface area contributed by atoms with Crippen LogP contribution in [-0.4, -0.2) is 21.3 Å². The molecule has 0 amide bonds. The molecule has 0 saturated carbocycles. The van der Waals surface area contributed by atoms with Gasteiger partial charge in [0.1, 0.15) is 18.2 Å². The van der Waals surface area contributed by atoms with Gasteiger partial charge < -0.3 is 4.74 Å². The first kappa shape index (κ1) is 27.7. The molecular weight excluding hydrogens is 449 g/mol. The molecule has 2 aromatic rings. The van der Waals surface area contributed by atoms with Gasteiger partial charge in [0, 0.05) is 10.6 Å². The van der Waals surface area contributed by atoms with E-state index in [-0.39, 0.29) is 11.7 Å². The Balaban J connectivity index is 0.000000299. The Hall–Kier alpha value is -2.31. The minimum absolute atomic E-state index is 0.0750. The van der Waals surface area contributed by atoms with E-state index in [1.54, 1.807) is 13.0 Å². The summed E-state index contributed by atoms with van der Waals surface area (Å²) < 4.78 is 43.6. The molecule has 0 bridgehead atoms. The van der Waals surface area contributed by atoms with E-state index < -0.39 is 10.0 Å². The number of anilines is 1. The summed E-state index contributed by atoms with van der Waals surface area (Å²) >= 11 is 5.90. The third kappa shape index (κ3) is 8.32. The van der Waals surface area contributed by atoms with Crippen molar-refractivity contribution in [1.82, 2.24) is 0 Å². The zero-order valence-electron chi connectivity index (χ0n) is 19.8. The summed E-state index contributed by atoms with van der Waals surface area (Å²) in [5.41, 5.74) is 4.80. The van der Waals surface area contributed by atoms with Crippen molar-refractivity contribution < 1.29 is 17.5 Å². The highest BCUT2D eigenvalue weighted by Crippen LogP contribution is 2.30. The standard InChI is InChI=1S/C12H11ClO.C11H16FNO2S.C2H6/c1-8(2)10-5-9-6-11(13)3-4-12(9)14-7-10;1-7(2)9-5-8(3)11(6-10(9)12)13-16(4,14)15;1-2/h3-6H,1,7H2,2H3;5-7,13H,1-4H3;1-2H3. The van der Waals surface area contributed by atoms with Gasteiger partial charge in [-0.25, -0.2) is 12.8 Å². The molecule has 0 aromatic heterocycles. The lowest BCUT2D eigenvalue weighted by Gasteiger charge is -2.18. The molecule has 7 heteroatoms. The molecule has 1 N–H and O–H groups in total. The van der Waals surface area contributed by atoms with E-state index in [9.17, 15) is 12.8 Å². The summed E-state index contributed by atoms with van der Waals surface area (Å²) in [4.78, 5) is 0. The Labute approximate surface area is 197 Å². The molecular formula is C25H33ClFNO3S. The van der Waals surface area contributed by atoms with Crippen LogP contribution < -0.4 is 9.46 Å². The first-order valence-electron chi connectivity index (χ1n) is 10.4. The van der Waals surface area contributed by atoms with Crippen LogP contribution in [0.4, 0.5) is 10.1 Å². The van der Waals surface area contributed by atoms with Crippen molar-refractivity contribution in [3.05, 3.63) is 75.6 Å². The van der Waals surface area contributed by atoms with E-state index in [1.807, 2.05) is 52.8 Å². The second-order valence-electron chi connectivity index (χ2n) is 7.64. The third-order valence-corrected chi connectivity index (χ3v) is 5.32. The summed E-state index contributed by atoms with van der Waals surface area (Å²) in [5.74, 6) is 0.581. The van der Waals surface area contributed by atoms with Crippen LogP contribution in [0.15, 0.2) is 48.1 Å². The first-order chi connectivity index (χ1) is 14.9. The molecule has 0 fully saturated rings. The highest BCUT2D eigenvalue weighted by molar-refractivity contribution is 7.92. The normalized spacial score (nSPS) is 12.2. The number of halogens is 2. The van der Waals surface area contributed by atoms with Crippen LogP contribution in [-0.2, 0) is 10.0 Å². The van der Waals surface area contributed by atoms with Gasteiger partial charge in [0.05, 0.1) is 11.9 Å². The van der Waals surface area contributed by atoms with E-state index in [2.05, 4.69) is 17.4 Å². The Morgan fingerprint density at radius 3 is 2.38 bits per heavy atom. The lowest BCUT2D eigenvalue weighted by atomic mass is 10.00. The average Bonchev–Trinajstić information content (AvgIpc) is 2.70. The van der Waals surface area contributed by atoms with Crippen LogP contribution in [0.2, 0.25) is 5.02 Å². The molecule has 1 aliphatic heterocycles. The van der Waals surface area contributed by atoms with Crippen LogP contribution in [0, 0.1) is 12.7 Å². The maximum absolute atomic E-state index is 13.6. The van der Waals surface area contributed by atoms with Crippen molar-refractivity contribution in [2.24, 2.45) is 0 Å². The minimum atomic E-state index is -3.37. The number of benzene rings is 2. The molecule has 0 aliphatic carbocycles. The van der Waals surface area contributed by atoms with Gasteiger partial charge in [0.15, 0.2) is 0 Å². The van der Waals surface area contributed by atoms with Gasteiger partial charge in [0.2, 0.25) is 10.0 Å². The summed E-state index contributed by atoms with van der Waals surface area (Å²) in [5, 5.41) is 0.728. The van der Waals surface area contributed by atoms with Crippen molar-refractivity contribution in [1.29, 1.82) is 0 Å². The number of sulfonamides is 1. The molecule has 0 saturated heterocycles. The summed E-state index contributed by atoms with van der Waals surface area (Å²) in [6.07, 6.45) is 3.12. The Kier molecular flexibility index (Phi) is 10.5. The summed E-state index contributed by atoms with van der Waals surface area (Å²) in [6.45, 7) is 16.0. The average molecular weight is 482 g/mol. The van der Waals surface area contributed by atoms with E-state index in [0.29, 0.717) is 17.9 Å². The number of hydrogen-bond donors (Lipinski definition) is 1. The second-order valence-corrected chi connectivity index (χ2v) is 9.82. The molecule has 0 spiro atoms. The largest absolute Gasteiger partial charge is 0.488 e. The highest BCUT2D eigenvalue weighted by Gasteiger charge is 2.13. The SMILES string of the molecule is C=C(C)C1=Cc2cc(Cl)ccc2OC1.CC.Cc1cc(C(C)C)c(F)cc1NS(C)(=O)=O. The molecule has 2 aromatic carbocycles. The number of rotatable bonds is 4. The highest BCUT2D eigenvalue weighted by atomic mass is 35.5. The predicted molar refractivity (Wildman–Crippen MR) is 135 cm³/mol. The van der Waals surface area contributed by atoms with Crippen LogP contribution >= 0.6 is 11.6 Å². The fourth-order valence-corrected chi connectivity index (χ4v) is 3.65. The van der Waals surface area contributed by atoms with Gasteiger partial charge >= 0.3 is 0 Å². The summed E-state index contributed by atoms with van der Waals surface area (Å²) in [7, 11) is -3.37. The van der Waals surface area contributed by atoms with Gasteiger partial charge in [-0.15, -0.1) is 0 Å². The molecule has 1 aliphatic rings. The molecule has 0 radical (unpaired) electrons. The van der Waals surface area contributed by atoms with Gasteiger partial charge in [-0.2, -0.15) is 0 Å². The number of nitrogens with one attached hydrogen (secondary N) is 1. The lowest BCUT2D eigenvalue weighted by Crippen LogP contribution is -2.11. The van der Waals surface area contributed by atoms with Crippen molar-refractivity contribution >= 4 is 33.4 Å². The maximum atomic E-state index is 13.6. The van der Waals surface area contributed by atoms with E-state index in [4.69, 9.17) is 16.3 Å². The Morgan fingerprint density at radius 1 is 1.22 bits per heavy atom. The fourth-order valence-electron chi connectivity index (χ4n) is 2.85. The van der Waals surface area contributed by atoms with Crippen molar-refractivity contribution in [3.63, 3.8) is 0 Å². The topological polar surface area (TPSA) is 55.4 Å². The van der Waals surface area contributed by atoms with Crippen LogP contribution in [0.25, 0.3) is 6.08 Å². The Morgan fingerprint density at radius 2 is 1.84 bits per heavy atom. The number of fused-ring (bicyclic) bond motifs is 1. The van der Waals surface area contributed by atoms with E-state index >= 15 is 0 Å². The molecule has 1 heterocycles. The second kappa shape index (κ2) is 12.1. The number of ether oxygens (including phenoxy) is 1. The minimum Gasteiger partial charge on any atom is -0.488 e. The monoisotopic (exact) mass is 481 g/mol. The molecule has 0 unspecified atom stereocenters. The van der Waals surface area contributed by atoms with Crippen molar-refractivity contribution in [3.8, 4) is 5.75 Å². The number of aryl methyl sites for hydroxylation is 1. The Bertz CT molecular complexity index is 1090. The van der Waals surface area contributed by atoms with Crippen molar-refractivity contribution in [2.45, 2.75) is 47.5 Å². The van der Waals surface area contributed by atoms with Gasteiger partial charge in [-0.1, -0.05) is 57.5 Å². The quantitative estimate of drug-likeness (QED) is 0.496. The van der Waals surface area contributed by atoms with Gasteiger partial charge in [0.25, 0.3) is 0 Å². The maximum Gasteiger partial charge on any atom is 0.229 e. The van der Waals surface area contributed by atoms with Crippen LogP contribution in [0.5, 0.6) is 5.75 Å². The van der Waals surface area contributed by atoms with E-state index in [1.165, 1.54) is 6.07 Å². The van der Waals surface area contributed by atoms with Crippen LogP contribution in [0.3, 0.4) is 0 Å². The van der Waals surface area contributed by atoms with Gasteiger partial charge in [-0.05, 0) is 66.8 Å². The smallest absolute Gasteiger partial charge is 0.229 e. The predicted octanol–water partition coefficient (Wildman–Crippen LogP) is 7.35. The zero-order chi connectivity index (χ0) is 24.6. The van der Waals surface area contributed by atoms with E-state index in [0.717, 1.165) is 39.3 Å². The molecule has 3 rings (SSSR count). The molecule has 4 nitrogen and oxygen atoms in total. The molecule has 176 valence electrons.